The molecule has 0 radical (unpaired) electrons. The Hall–Kier alpha value is -3.40. The molecule has 160 valence electrons. The molecule has 0 atom stereocenters. The highest BCUT2D eigenvalue weighted by atomic mass is 32.2. The molecule has 10 heteroatoms. The van der Waals surface area contributed by atoms with Crippen molar-refractivity contribution in [2.24, 2.45) is 0 Å². The van der Waals surface area contributed by atoms with E-state index in [4.69, 9.17) is 0 Å². The molecule has 2 N–H and O–H groups in total. The van der Waals surface area contributed by atoms with E-state index in [0.29, 0.717) is 12.1 Å². The van der Waals surface area contributed by atoms with E-state index in [1.165, 1.54) is 36.4 Å². The summed E-state index contributed by atoms with van der Waals surface area (Å²) in [7, 11) is -1.82. The van der Waals surface area contributed by atoms with Gasteiger partial charge in [0, 0.05) is 12.1 Å². The Balaban J connectivity index is 2.48. The molecule has 0 fully saturated rings. The molecule has 9 nitrogen and oxygen atoms in total. The van der Waals surface area contributed by atoms with Gasteiger partial charge in [-0.1, -0.05) is 6.07 Å². The van der Waals surface area contributed by atoms with Crippen molar-refractivity contribution in [1.29, 1.82) is 0 Å². The molecule has 2 aromatic rings. The number of aryl methyl sites for hydroxylation is 1. The number of anilines is 1. The number of esters is 2. The average Bonchev–Trinajstić information content (AvgIpc) is 2.72. The van der Waals surface area contributed by atoms with E-state index in [0.717, 1.165) is 14.2 Å². The molecule has 0 heterocycles. The number of nitrogens with one attached hydrogen (secondary N) is 2. The predicted molar refractivity (Wildman–Crippen MR) is 109 cm³/mol. The first-order chi connectivity index (χ1) is 14.1. The first kappa shape index (κ1) is 22.9. The topological polar surface area (TPSA) is 128 Å². The zero-order valence-electron chi connectivity index (χ0n) is 16.9. The molecule has 0 aliphatic carbocycles. The van der Waals surface area contributed by atoms with Crippen LogP contribution in [-0.4, -0.2) is 47.0 Å². The van der Waals surface area contributed by atoms with Crippen molar-refractivity contribution in [3.05, 3.63) is 58.7 Å². The minimum Gasteiger partial charge on any atom is -0.465 e. The van der Waals surface area contributed by atoms with Crippen LogP contribution in [0.5, 0.6) is 0 Å². The minimum absolute atomic E-state index is 0.0370. The van der Waals surface area contributed by atoms with Crippen LogP contribution in [0, 0.1) is 6.92 Å². The molecule has 0 saturated carbocycles. The van der Waals surface area contributed by atoms with Gasteiger partial charge in [0.2, 0.25) is 0 Å². The summed E-state index contributed by atoms with van der Waals surface area (Å²) in [4.78, 5) is 35.8. The van der Waals surface area contributed by atoms with Crippen LogP contribution in [-0.2, 0) is 19.5 Å². The van der Waals surface area contributed by atoms with Crippen molar-refractivity contribution in [2.75, 3.05) is 25.5 Å². The number of benzene rings is 2. The summed E-state index contributed by atoms with van der Waals surface area (Å²) >= 11 is 0. The number of ether oxygens (including phenoxy) is 2. The number of carbonyl (C=O) groups excluding carboxylic acids is 3. The maximum Gasteiger partial charge on any atom is 0.337 e. The van der Waals surface area contributed by atoms with Crippen LogP contribution in [0.25, 0.3) is 0 Å². The number of hydrogen-bond donors (Lipinski definition) is 2. The zero-order chi connectivity index (χ0) is 22.5. The fourth-order valence-electron chi connectivity index (χ4n) is 2.64. The van der Waals surface area contributed by atoms with E-state index < -0.39 is 27.9 Å². The number of amides is 1. The second kappa shape index (κ2) is 9.40. The minimum atomic E-state index is -4.13. The van der Waals surface area contributed by atoms with E-state index in [9.17, 15) is 22.8 Å². The van der Waals surface area contributed by atoms with Gasteiger partial charge in [0.1, 0.15) is 0 Å². The third kappa shape index (κ3) is 5.15. The van der Waals surface area contributed by atoms with Crippen molar-refractivity contribution in [3.63, 3.8) is 0 Å². The maximum atomic E-state index is 12.9. The van der Waals surface area contributed by atoms with Crippen LogP contribution in [0.2, 0.25) is 0 Å². The van der Waals surface area contributed by atoms with Gasteiger partial charge in [-0.3, -0.25) is 9.52 Å². The summed E-state index contributed by atoms with van der Waals surface area (Å²) in [5.74, 6) is -1.90. The molecule has 0 aliphatic heterocycles. The Kier molecular flexibility index (Phi) is 7.17. The van der Waals surface area contributed by atoms with Gasteiger partial charge < -0.3 is 14.8 Å². The van der Waals surface area contributed by atoms with Gasteiger partial charge >= 0.3 is 11.9 Å². The van der Waals surface area contributed by atoms with Gasteiger partial charge in [0.15, 0.2) is 0 Å². The molecule has 30 heavy (non-hydrogen) atoms. The Bertz CT molecular complexity index is 1060. The largest absolute Gasteiger partial charge is 0.465 e. The van der Waals surface area contributed by atoms with Crippen molar-refractivity contribution in [1.82, 2.24) is 5.32 Å². The second-order valence-electron chi connectivity index (χ2n) is 6.22. The Labute approximate surface area is 174 Å². The lowest BCUT2D eigenvalue weighted by atomic mass is 10.1. The quantitative estimate of drug-likeness (QED) is 0.639. The van der Waals surface area contributed by atoms with Crippen LogP contribution in [0.3, 0.4) is 0 Å². The molecule has 1 amide bonds. The van der Waals surface area contributed by atoms with Crippen molar-refractivity contribution < 1.29 is 32.3 Å². The molecule has 0 aromatic heterocycles. The Morgan fingerprint density at radius 2 is 1.50 bits per heavy atom. The summed E-state index contributed by atoms with van der Waals surface area (Å²) in [6.07, 6.45) is 0. The maximum absolute atomic E-state index is 12.9. The lowest BCUT2D eigenvalue weighted by Gasteiger charge is -2.13. The Morgan fingerprint density at radius 3 is 2.00 bits per heavy atom. The van der Waals surface area contributed by atoms with E-state index >= 15 is 0 Å². The van der Waals surface area contributed by atoms with E-state index in [2.05, 4.69) is 19.5 Å². The van der Waals surface area contributed by atoms with Crippen LogP contribution >= 0.6 is 0 Å². The Morgan fingerprint density at radius 1 is 0.933 bits per heavy atom. The summed E-state index contributed by atoms with van der Waals surface area (Å²) in [6.45, 7) is 3.84. The lowest BCUT2D eigenvalue weighted by Crippen LogP contribution is -2.24. The highest BCUT2D eigenvalue weighted by molar-refractivity contribution is 7.92. The lowest BCUT2D eigenvalue weighted by molar-refractivity contribution is 0.0599. The zero-order valence-corrected chi connectivity index (χ0v) is 17.8. The SMILES string of the molecule is CCNC(=O)c1cc(S(=O)(=O)Nc2cc(C(=O)OC)cc(C(=O)OC)c2)ccc1C. The standard InChI is InChI=1S/C20H22N2O7S/c1-5-21-18(23)17-11-16(7-6-12(17)2)30(26,27)22-15-9-13(19(24)28-3)8-14(10-15)20(25)29-4/h6-11,22H,5H2,1-4H3,(H,21,23). The molecule has 2 rings (SSSR count). The third-order valence-corrected chi connectivity index (χ3v) is 5.51. The molecular formula is C20H22N2O7S. The highest BCUT2D eigenvalue weighted by Gasteiger charge is 2.20. The normalized spacial score (nSPS) is 10.8. The summed E-state index contributed by atoms with van der Waals surface area (Å²) in [5.41, 5.74) is 0.715. The third-order valence-electron chi connectivity index (χ3n) is 4.13. The summed E-state index contributed by atoms with van der Waals surface area (Å²) in [5, 5.41) is 2.63. The van der Waals surface area contributed by atoms with Crippen LogP contribution in [0.1, 0.15) is 43.6 Å². The van der Waals surface area contributed by atoms with Gasteiger partial charge in [-0.2, -0.15) is 0 Å². The van der Waals surface area contributed by atoms with E-state index in [-0.39, 0.29) is 27.3 Å². The van der Waals surface area contributed by atoms with Crippen molar-refractivity contribution >= 4 is 33.6 Å². The molecular weight excluding hydrogens is 412 g/mol. The highest BCUT2D eigenvalue weighted by Crippen LogP contribution is 2.22. The van der Waals surface area contributed by atoms with E-state index in [1.54, 1.807) is 13.8 Å². The average molecular weight is 434 g/mol. The number of hydrogen-bond acceptors (Lipinski definition) is 7. The molecule has 0 spiro atoms. The fourth-order valence-corrected chi connectivity index (χ4v) is 3.71. The molecule has 2 aromatic carbocycles. The molecule has 0 bridgehead atoms. The van der Waals surface area contributed by atoms with Crippen LogP contribution in [0.15, 0.2) is 41.3 Å². The second-order valence-corrected chi connectivity index (χ2v) is 7.91. The number of sulfonamides is 1. The molecule has 0 aliphatic rings. The number of rotatable bonds is 7. The number of methoxy groups -OCH3 is 2. The van der Waals surface area contributed by atoms with E-state index in [1.807, 2.05) is 0 Å². The van der Waals surface area contributed by atoms with Crippen LogP contribution < -0.4 is 10.0 Å². The van der Waals surface area contributed by atoms with Gasteiger partial charge in [-0.25, -0.2) is 18.0 Å². The molecule has 0 saturated heterocycles. The van der Waals surface area contributed by atoms with Crippen LogP contribution in [0.4, 0.5) is 5.69 Å². The summed E-state index contributed by atoms with van der Waals surface area (Å²) in [6, 6.07) is 7.82. The van der Waals surface area contributed by atoms with Gasteiger partial charge in [0.05, 0.1) is 35.9 Å². The smallest absolute Gasteiger partial charge is 0.337 e. The fraction of sp³-hybridized carbons (Fsp3) is 0.250. The first-order valence-corrected chi connectivity index (χ1v) is 10.3. The number of carbonyl (C=O) groups is 3. The first-order valence-electron chi connectivity index (χ1n) is 8.86. The van der Waals surface area contributed by atoms with Crippen molar-refractivity contribution in [3.8, 4) is 0 Å². The van der Waals surface area contributed by atoms with Gasteiger partial charge in [0.25, 0.3) is 15.9 Å². The van der Waals surface area contributed by atoms with Crippen molar-refractivity contribution in [2.45, 2.75) is 18.7 Å². The van der Waals surface area contributed by atoms with Gasteiger partial charge in [-0.15, -0.1) is 0 Å². The van der Waals surface area contributed by atoms with Gasteiger partial charge in [-0.05, 0) is 49.7 Å². The molecule has 0 unspecified atom stereocenters. The summed E-state index contributed by atoms with van der Waals surface area (Å²) < 4.78 is 37.3. The predicted octanol–water partition coefficient (Wildman–Crippen LogP) is 2.12. The monoisotopic (exact) mass is 434 g/mol.